The van der Waals surface area contributed by atoms with Gasteiger partial charge in [0, 0.05) is 37.6 Å². The molecular weight excluding hydrogens is 508 g/mol. The van der Waals surface area contributed by atoms with Crippen LogP contribution in [0, 0.1) is 11.8 Å². The monoisotopic (exact) mass is 542 g/mol. The number of ether oxygens (including phenoxy) is 1. The Morgan fingerprint density at radius 3 is 2.56 bits per heavy atom. The van der Waals surface area contributed by atoms with Gasteiger partial charge in [-0.2, -0.15) is 0 Å². The lowest BCUT2D eigenvalue weighted by molar-refractivity contribution is -0.137. The van der Waals surface area contributed by atoms with E-state index in [2.05, 4.69) is 47.1 Å². The molecule has 0 saturated carbocycles. The zero-order chi connectivity index (χ0) is 27.2. The van der Waals surface area contributed by atoms with Crippen LogP contribution in [0.4, 0.5) is 0 Å². The molecule has 0 spiro atoms. The number of likely N-dealkylation sites (tertiary alicyclic amines) is 1. The highest BCUT2D eigenvalue weighted by Crippen LogP contribution is 2.30. The molecule has 1 N–H and O–H groups in total. The van der Waals surface area contributed by atoms with Crippen LogP contribution in [-0.4, -0.2) is 46.4 Å². The Balaban J connectivity index is 1.16. The molecule has 3 aromatic rings. The summed E-state index contributed by atoms with van der Waals surface area (Å²) in [5.41, 5.74) is 4.52. The predicted molar refractivity (Wildman–Crippen MR) is 153 cm³/mol. The predicted octanol–water partition coefficient (Wildman–Crippen LogP) is 5.70. The van der Waals surface area contributed by atoms with E-state index in [1.54, 1.807) is 18.3 Å². The third-order valence-electron chi connectivity index (χ3n) is 7.33. The quantitative estimate of drug-likeness (QED) is 0.351. The molecule has 1 unspecified atom stereocenters. The first kappa shape index (κ1) is 27.0. The van der Waals surface area contributed by atoms with E-state index in [1.165, 1.54) is 16.0 Å². The molecule has 1 saturated heterocycles. The second-order valence-electron chi connectivity index (χ2n) is 10.2. The van der Waals surface area contributed by atoms with Crippen LogP contribution in [-0.2, 0) is 30.9 Å². The third-order valence-corrected chi connectivity index (χ3v) is 8.56. The second kappa shape index (κ2) is 12.5. The minimum absolute atomic E-state index is 0.0174. The number of nitrogens with zero attached hydrogens (tertiary/aromatic N) is 2. The number of carbonyl (C=O) groups excluding carboxylic acids is 1. The molecule has 5 rings (SSSR count). The summed E-state index contributed by atoms with van der Waals surface area (Å²) in [7, 11) is 0. The zero-order valence-corrected chi connectivity index (χ0v) is 23.1. The van der Waals surface area contributed by atoms with Gasteiger partial charge in [-0.25, -0.2) is 0 Å². The van der Waals surface area contributed by atoms with Gasteiger partial charge < -0.3 is 14.7 Å². The van der Waals surface area contributed by atoms with Gasteiger partial charge in [-0.1, -0.05) is 42.3 Å². The van der Waals surface area contributed by atoms with Crippen molar-refractivity contribution in [3.05, 3.63) is 86.6 Å². The molecule has 1 fully saturated rings. The SMILES string of the molecule is CC#CC(CC(=O)O)c1ccc(OCc2cccc(CN3CCc4sc(C(=O)N5CCCC5)cc4C3)c2)cc1. The van der Waals surface area contributed by atoms with Crippen molar-refractivity contribution in [2.24, 2.45) is 0 Å². The van der Waals surface area contributed by atoms with Crippen molar-refractivity contribution in [2.75, 3.05) is 19.6 Å². The molecule has 2 aliphatic rings. The minimum Gasteiger partial charge on any atom is -0.489 e. The van der Waals surface area contributed by atoms with Crippen molar-refractivity contribution in [3.63, 3.8) is 0 Å². The maximum atomic E-state index is 12.8. The molecule has 202 valence electrons. The Bertz CT molecular complexity index is 1380. The molecule has 6 nitrogen and oxygen atoms in total. The number of benzene rings is 2. The average molecular weight is 543 g/mol. The fourth-order valence-corrected chi connectivity index (χ4v) is 6.48. The maximum absolute atomic E-state index is 12.8. The third kappa shape index (κ3) is 6.89. The number of hydrogen-bond donors (Lipinski definition) is 1. The van der Waals surface area contributed by atoms with Gasteiger partial charge in [-0.3, -0.25) is 14.5 Å². The van der Waals surface area contributed by atoms with E-state index in [9.17, 15) is 9.59 Å². The van der Waals surface area contributed by atoms with Gasteiger partial charge >= 0.3 is 5.97 Å². The summed E-state index contributed by atoms with van der Waals surface area (Å²) >= 11 is 1.69. The van der Waals surface area contributed by atoms with E-state index in [1.807, 2.05) is 29.2 Å². The van der Waals surface area contributed by atoms with Crippen LogP contribution in [0.25, 0.3) is 0 Å². The van der Waals surface area contributed by atoms with Crippen molar-refractivity contribution >= 4 is 23.2 Å². The highest BCUT2D eigenvalue weighted by atomic mass is 32.1. The first-order valence-corrected chi connectivity index (χ1v) is 14.4. The lowest BCUT2D eigenvalue weighted by Crippen LogP contribution is -2.29. The molecule has 2 aliphatic heterocycles. The normalized spacial score (nSPS) is 15.8. The number of fused-ring (bicyclic) bond motifs is 1. The lowest BCUT2D eigenvalue weighted by atomic mass is 9.96. The molecule has 0 aliphatic carbocycles. The Kier molecular flexibility index (Phi) is 8.65. The summed E-state index contributed by atoms with van der Waals surface area (Å²) in [6, 6.07) is 18.2. The van der Waals surface area contributed by atoms with Gasteiger partial charge in [-0.15, -0.1) is 17.3 Å². The minimum atomic E-state index is -0.861. The molecular formula is C32H34N2O4S. The van der Waals surface area contributed by atoms with Crippen molar-refractivity contribution in [1.29, 1.82) is 0 Å². The first-order chi connectivity index (χ1) is 19.0. The summed E-state index contributed by atoms with van der Waals surface area (Å²) < 4.78 is 6.03. The number of aliphatic carboxylic acids is 1. The highest BCUT2D eigenvalue weighted by Gasteiger charge is 2.25. The molecule has 0 radical (unpaired) electrons. The smallest absolute Gasteiger partial charge is 0.304 e. The van der Waals surface area contributed by atoms with Crippen molar-refractivity contribution in [2.45, 2.75) is 58.2 Å². The Hall–Kier alpha value is -3.60. The van der Waals surface area contributed by atoms with Crippen LogP contribution < -0.4 is 4.74 Å². The summed E-state index contributed by atoms with van der Waals surface area (Å²) in [5, 5.41) is 9.16. The summed E-state index contributed by atoms with van der Waals surface area (Å²) in [5.74, 6) is 5.56. The number of rotatable bonds is 9. The van der Waals surface area contributed by atoms with Crippen LogP contribution in [0.5, 0.6) is 5.75 Å². The van der Waals surface area contributed by atoms with Crippen molar-refractivity contribution in [3.8, 4) is 17.6 Å². The Labute approximate surface area is 234 Å². The first-order valence-electron chi connectivity index (χ1n) is 13.6. The fraction of sp³-hybridized carbons (Fsp3) is 0.375. The number of carbonyl (C=O) groups is 2. The summed E-state index contributed by atoms with van der Waals surface area (Å²) in [4.78, 5) is 30.7. The lowest BCUT2D eigenvalue weighted by Gasteiger charge is -2.26. The number of thiophene rings is 1. The molecule has 7 heteroatoms. The molecule has 1 atom stereocenters. The van der Waals surface area contributed by atoms with Gasteiger partial charge in [0.1, 0.15) is 12.4 Å². The van der Waals surface area contributed by atoms with E-state index in [0.717, 1.165) is 73.7 Å². The van der Waals surface area contributed by atoms with Crippen LogP contribution in [0.2, 0.25) is 0 Å². The number of carboxylic acid groups (broad SMARTS) is 1. The van der Waals surface area contributed by atoms with Gasteiger partial charge in [0.15, 0.2) is 0 Å². The van der Waals surface area contributed by atoms with Crippen LogP contribution in [0.3, 0.4) is 0 Å². The fourth-order valence-electron chi connectivity index (χ4n) is 5.35. The van der Waals surface area contributed by atoms with E-state index < -0.39 is 5.97 Å². The Morgan fingerprint density at radius 1 is 1.05 bits per heavy atom. The summed E-state index contributed by atoms with van der Waals surface area (Å²) in [6.07, 6.45) is 3.20. The molecule has 2 aromatic carbocycles. The largest absolute Gasteiger partial charge is 0.489 e. The Morgan fingerprint density at radius 2 is 1.82 bits per heavy atom. The molecule has 0 bridgehead atoms. The summed E-state index contributed by atoms with van der Waals surface area (Å²) in [6.45, 7) is 6.68. The van der Waals surface area contributed by atoms with Gasteiger partial charge in [0.25, 0.3) is 5.91 Å². The van der Waals surface area contributed by atoms with E-state index in [0.29, 0.717) is 6.61 Å². The van der Waals surface area contributed by atoms with Crippen molar-refractivity contribution in [1.82, 2.24) is 9.80 Å². The topological polar surface area (TPSA) is 70.1 Å². The van der Waals surface area contributed by atoms with Crippen LogP contribution in [0.15, 0.2) is 54.6 Å². The highest BCUT2D eigenvalue weighted by molar-refractivity contribution is 7.14. The zero-order valence-electron chi connectivity index (χ0n) is 22.3. The number of carboxylic acids is 1. The molecule has 1 amide bonds. The van der Waals surface area contributed by atoms with Crippen LogP contribution in [0.1, 0.15) is 68.9 Å². The second-order valence-corrected chi connectivity index (χ2v) is 11.4. The van der Waals surface area contributed by atoms with Gasteiger partial charge in [0.2, 0.25) is 0 Å². The van der Waals surface area contributed by atoms with Crippen LogP contribution >= 0.6 is 11.3 Å². The standard InChI is InChI=1S/C32H34N2O4S/c1-2-6-26(19-31(35)36)25-9-11-28(12-10-25)38-22-24-8-5-7-23(17-24)20-33-16-13-29-27(21-33)18-30(39-29)32(37)34-14-3-4-15-34/h5,7-12,17-18,26H,3-4,13-16,19-22H2,1H3,(H,35,36). The van der Waals surface area contributed by atoms with Crippen molar-refractivity contribution < 1.29 is 19.4 Å². The van der Waals surface area contributed by atoms with Gasteiger partial charge in [0.05, 0.1) is 17.2 Å². The number of amides is 1. The van der Waals surface area contributed by atoms with E-state index in [4.69, 9.17) is 9.84 Å². The molecule has 39 heavy (non-hydrogen) atoms. The van der Waals surface area contributed by atoms with E-state index in [-0.39, 0.29) is 18.2 Å². The molecule has 3 heterocycles. The average Bonchev–Trinajstić information content (AvgIpc) is 3.62. The maximum Gasteiger partial charge on any atom is 0.304 e. The van der Waals surface area contributed by atoms with Gasteiger partial charge in [-0.05, 0) is 66.6 Å². The number of hydrogen-bond acceptors (Lipinski definition) is 5. The van der Waals surface area contributed by atoms with E-state index >= 15 is 0 Å². The molecule has 1 aromatic heterocycles.